The van der Waals surface area contributed by atoms with E-state index in [2.05, 4.69) is 9.47 Å². The zero-order valence-corrected chi connectivity index (χ0v) is 11.0. The van der Waals surface area contributed by atoms with Gasteiger partial charge < -0.3 is 20.9 Å². The third-order valence-corrected chi connectivity index (χ3v) is 1.95. The molecule has 0 aromatic carbocycles. The predicted octanol–water partition coefficient (Wildman–Crippen LogP) is -2.67. The molecule has 120 valence electrons. The van der Waals surface area contributed by atoms with Crippen LogP contribution in [0.4, 0.5) is 0 Å². The van der Waals surface area contributed by atoms with E-state index in [-0.39, 0.29) is 88.3 Å². The summed E-state index contributed by atoms with van der Waals surface area (Å²) in [4.78, 5) is 44.3. The Balaban J connectivity index is -0.00000180. The summed E-state index contributed by atoms with van der Waals surface area (Å²) in [7, 11) is 0. The molecule has 0 atom stereocenters. The molecule has 0 bridgehead atoms. The minimum atomic E-state index is -1.02. The molecule has 10 heteroatoms. The number of ether oxygens (including phenoxy) is 2. The van der Waals surface area contributed by atoms with Crippen LogP contribution >= 0.6 is 0 Å². The summed E-state index contributed by atoms with van der Waals surface area (Å²) >= 11 is 0. The first kappa shape index (κ1) is 27.3. The molecule has 22 heavy (non-hydrogen) atoms. The fourth-order valence-electron chi connectivity index (χ4n) is 1.02. The van der Waals surface area contributed by atoms with Crippen molar-refractivity contribution in [3.05, 3.63) is 12.2 Å². The van der Waals surface area contributed by atoms with E-state index in [1.807, 2.05) is 0 Å². The van der Waals surface area contributed by atoms with Crippen LogP contribution in [-0.4, -0.2) is 112 Å². The molecule has 0 rings (SSSR count). The van der Waals surface area contributed by atoms with Gasteiger partial charge in [0.25, 0.3) is 0 Å². The first-order valence-corrected chi connectivity index (χ1v) is 6.07. The molecule has 0 unspecified atom stereocenters. The number of hydrogen-bond donors (Lipinski definition) is 2. The Morgan fingerprint density at radius 2 is 1.05 bits per heavy atom. The van der Waals surface area contributed by atoms with E-state index in [4.69, 9.17) is 11.5 Å². The van der Waals surface area contributed by atoms with Crippen molar-refractivity contribution >= 4 is 99.4 Å². The van der Waals surface area contributed by atoms with Crippen molar-refractivity contribution in [2.75, 3.05) is 13.1 Å². The molecule has 0 saturated carbocycles. The molecule has 0 aliphatic heterocycles. The topological polar surface area (TPSA) is 139 Å². The van der Waals surface area contributed by atoms with Gasteiger partial charge in [0, 0.05) is 25.0 Å². The summed E-state index contributed by atoms with van der Waals surface area (Å²) in [5.41, 5.74) is 10.4. The van der Waals surface area contributed by atoms with E-state index >= 15 is 0 Å². The van der Waals surface area contributed by atoms with E-state index in [1.165, 1.54) is 0 Å². The van der Waals surface area contributed by atoms with Crippen molar-refractivity contribution in [2.24, 2.45) is 11.5 Å². The van der Waals surface area contributed by atoms with E-state index in [9.17, 15) is 19.2 Å². The van der Waals surface area contributed by atoms with Crippen LogP contribution in [0.5, 0.6) is 0 Å². The SMILES string of the molecule is NCCCC(=O)OC(=O)/C=C/C(=O)OC(=O)CCCN.[CaH2].[CaH2]. The monoisotopic (exact) mass is 370 g/mol. The second-order valence-electron chi connectivity index (χ2n) is 3.70. The molecule has 0 saturated heterocycles. The van der Waals surface area contributed by atoms with Gasteiger partial charge in [-0.25, -0.2) is 9.59 Å². The van der Waals surface area contributed by atoms with Crippen molar-refractivity contribution in [1.29, 1.82) is 0 Å². The summed E-state index contributed by atoms with van der Waals surface area (Å²) in [5, 5.41) is 0. The molecular formula is C12H22Ca2N2O6. The van der Waals surface area contributed by atoms with Crippen molar-refractivity contribution in [3.63, 3.8) is 0 Å². The molecule has 0 heterocycles. The number of nitrogens with two attached hydrogens (primary N) is 2. The van der Waals surface area contributed by atoms with Gasteiger partial charge in [-0.15, -0.1) is 0 Å². The molecule has 0 amide bonds. The summed E-state index contributed by atoms with van der Waals surface area (Å²) in [6, 6.07) is 0. The molecule has 4 N–H and O–H groups in total. The van der Waals surface area contributed by atoms with Crippen LogP contribution in [0.3, 0.4) is 0 Å². The van der Waals surface area contributed by atoms with E-state index in [0.29, 0.717) is 38.1 Å². The molecular weight excluding hydrogens is 348 g/mol. The zero-order chi connectivity index (χ0) is 15.4. The normalized spacial score (nSPS) is 9.36. The molecule has 0 aliphatic rings. The minimum absolute atomic E-state index is 0. The fraction of sp³-hybridized carbons (Fsp3) is 0.500. The molecule has 0 radical (unpaired) electrons. The number of hydrogen-bond acceptors (Lipinski definition) is 8. The van der Waals surface area contributed by atoms with Gasteiger partial charge in [0.05, 0.1) is 0 Å². The van der Waals surface area contributed by atoms with Crippen LogP contribution in [0.15, 0.2) is 12.2 Å². The maximum atomic E-state index is 11.1. The standard InChI is InChI=1S/C12H18N2O6.2Ca.4H/c13-7-1-3-9(15)19-11(17)5-6-12(18)20-10(16)4-2-8-14;;;;;;/h5-6H,1-4,7-8,13-14H2;;;;;;/b6-5+;;;;;;. The third kappa shape index (κ3) is 16.8. The molecule has 0 aromatic heterocycles. The van der Waals surface area contributed by atoms with Gasteiger partial charge in [0.15, 0.2) is 0 Å². The van der Waals surface area contributed by atoms with Crippen molar-refractivity contribution in [3.8, 4) is 0 Å². The second kappa shape index (κ2) is 17.8. The maximum absolute atomic E-state index is 11.1. The van der Waals surface area contributed by atoms with Crippen molar-refractivity contribution in [2.45, 2.75) is 25.7 Å². The van der Waals surface area contributed by atoms with E-state index < -0.39 is 23.9 Å². The number of carbonyl (C=O) groups excluding carboxylic acids is 4. The Kier molecular flexibility index (Phi) is 22.1. The number of carbonyl (C=O) groups is 4. The van der Waals surface area contributed by atoms with Crippen molar-refractivity contribution in [1.82, 2.24) is 0 Å². The van der Waals surface area contributed by atoms with Crippen molar-refractivity contribution < 1.29 is 28.7 Å². The van der Waals surface area contributed by atoms with Gasteiger partial charge in [-0.05, 0) is 25.9 Å². The Hall–Kier alpha value is 0.459. The number of esters is 4. The average molecular weight is 370 g/mol. The molecule has 0 aliphatic carbocycles. The summed E-state index contributed by atoms with van der Waals surface area (Å²) < 4.78 is 8.69. The van der Waals surface area contributed by atoms with Crippen LogP contribution < -0.4 is 11.5 Å². The molecule has 0 spiro atoms. The van der Waals surface area contributed by atoms with Gasteiger partial charge in [-0.3, -0.25) is 9.59 Å². The van der Waals surface area contributed by atoms with Gasteiger partial charge in [0.1, 0.15) is 0 Å². The van der Waals surface area contributed by atoms with Crippen LogP contribution in [0.1, 0.15) is 25.7 Å². The molecule has 0 aromatic rings. The molecule has 0 fully saturated rings. The van der Waals surface area contributed by atoms with Gasteiger partial charge >= 0.3 is 99.4 Å². The van der Waals surface area contributed by atoms with Gasteiger partial charge in [-0.1, -0.05) is 0 Å². The quantitative estimate of drug-likeness (QED) is 0.204. The average Bonchev–Trinajstić information content (AvgIpc) is 2.40. The third-order valence-electron chi connectivity index (χ3n) is 1.95. The Bertz CT molecular complexity index is 365. The molecule has 8 nitrogen and oxygen atoms in total. The summed E-state index contributed by atoms with van der Waals surface area (Å²) in [6.45, 7) is 0.604. The Labute approximate surface area is 188 Å². The van der Waals surface area contributed by atoms with Crippen LogP contribution in [0.2, 0.25) is 0 Å². The first-order chi connectivity index (χ1) is 9.49. The van der Waals surface area contributed by atoms with Gasteiger partial charge in [0.2, 0.25) is 0 Å². The second-order valence-corrected chi connectivity index (χ2v) is 3.70. The number of rotatable bonds is 8. The van der Waals surface area contributed by atoms with Crippen LogP contribution in [0, 0.1) is 0 Å². The Morgan fingerprint density at radius 1 is 0.727 bits per heavy atom. The van der Waals surface area contributed by atoms with E-state index in [0.717, 1.165) is 0 Å². The van der Waals surface area contributed by atoms with Crippen LogP contribution in [-0.2, 0) is 28.7 Å². The van der Waals surface area contributed by atoms with E-state index in [1.54, 1.807) is 0 Å². The van der Waals surface area contributed by atoms with Crippen LogP contribution in [0.25, 0.3) is 0 Å². The summed E-state index contributed by atoms with van der Waals surface area (Å²) in [5.74, 6) is -3.51. The predicted molar refractivity (Wildman–Crippen MR) is 85.0 cm³/mol. The fourth-order valence-corrected chi connectivity index (χ4v) is 1.02. The zero-order valence-electron chi connectivity index (χ0n) is 11.0. The first-order valence-electron chi connectivity index (χ1n) is 6.07. The van der Waals surface area contributed by atoms with Gasteiger partial charge in [-0.2, -0.15) is 0 Å². The summed E-state index contributed by atoms with van der Waals surface area (Å²) in [6.07, 6.45) is 2.23. The Morgan fingerprint density at radius 3 is 1.32 bits per heavy atom.